The summed E-state index contributed by atoms with van der Waals surface area (Å²) in [6.07, 6.45) is -1.38. The fraction of sp³-hybridized carbons (Fsp3) is 0.136. The first-order valence-corrected chi connectivity index (χ1v) is 10.4. The van der Waals surface area contributed by atoms with Crippen molar-refractivity contribution in [3.8, 4) is 0 Å². The van der Waals surface area contributed by atoms with Crippen molar-refractivity contribution < 1.29 is 18.3 Å². The molecule has 0 unspecified atom stereocenters. The molecule has 0 saturated carbocycles. The van der Waals surface area contributed by atoms with Crippen molar-refractivity contribution in [2.45, 2.75) is 10.9 Å². The second-order valence-electron chi connectivity index (χ2n) is 6.64. The Hall–Kier alpha value is -3.16. The molecule has 3 rings (SSSR count). The van der Waals surface area contributed by atoms with Crippen LogP contribution in [0.1, 0.15) is 17.2 Å². The summed E-state index contributed by atoms with van der Waals surface area (Å²) in [6.45, 7) is 0. The smallest absolute Gasteiger partial charge is 0.242 e. The highest BCUT2D eigenvalue weighted by molar-refractivity contribution is 7.89. The maximum absolute atomic E-state index is 12.3. The second-order valence-corrected chi connectivity index (χ2v) is 8.79. The van der Waals surface area contributed by atoms with Gasteiger partial charge >= 0.3 is 0 Å². The molecule has 7 heteroatoms. The Morgan fingerprint density at radius 3 is 1.62 bits per heavy atom. The number of carbonyl (C=O) groups is 1. The van der Waals surface area contributed by atoms with Crippen molar-refractivity contribution in [2.24, 2.45) is 0 Å². The summed E-state index contributed by atoms with van der Waals surface area (Å²) in [4.78, 5) is 13.4. The van der Waals surface area contributed by atoms with Gasteiger partial charge in [0.05, 0.1) is 10.9 Å². The molecule has 0 saturated heterocycles. The molecule has 3 aromatic carbocycles. The standard InChI is InChI=1S/C22H22N2O4S/c1-23(2)29(27,28)20-15-13-19(14-16-20)24(22(25)26)21(17-9-5-3-6-10-17)18-11-7-4-8-12-18/h3-16,21H,1-2H3,(H,25,26)/p-1. The molecule has 1 amide bonds. The molecule has 6 nitrogen and oxygen atoms in total. The molecule has 0 aliphatic carbocycles. The van der Waals surface area contributed by atoms with Crippen LogP contribution < -0.4 is 10.0 Å². The summed E-state index contributed by atoms with van der Waals surface area (Å²) >= 11 is 0. The SMILES string of the molecule is CN(C)S(=O)(=O)c1ccc(N(C(=O)[O-])C(c2ccccc2)c2ccccc2)cc1. The summed E-state index contributed by atoms with van der Waals surface area (Å²) in [5, 5.41) is 12.2. The van der Waals surface area contributed by atoms with Crippen LogP contribution in [-0.2, 0) is 10.0 Å². The van der Waals surface area contributed by atoms with Crippen LogP contribution in [0, 0.1) is 0 Å². The lowest BCUT2D eigenvalue weighted by Gasteiger charge is -2.35. The number of carboxylic acid groups (broad SMARTS) is 1. The van der Waals surface area contributed by atoms with E-state index in [2.05, 4.69) is 0 Å². The average molecular weight is 409 g/mol. The zero-order valence-corrected chi connectivity index (χ0v) is 16.9. The molecule has 0 bridgehead atoms. The van der Waals surface area contributed by atoms with E-state index < -0.39 is 22.2 Å². The molecule has 29 heavy (non-hydrogen) atoms. The van der Waals surface area contributed by atoms with Gasteiger partial charge in [0, 0.05) is 19.8 Å². The van der Waals surface area contributed by atoms with Gasteiger partial charge in [0.1, 0.15) is 6.09 Å². The van der Waals surface area contributed by atoms with Gasteiger partial charge in [0.25, 0.3) is 0 Å². The van der Waals surface area contributed by atoms with Gasteiger partial charge in [-0.1, -0.05) is 60.7 Å². The number of anilines is 1. The summed E-state index contributed by atoms with van der Waals surface area (Å²) in [7, 11) is -0.728. The second kappa shape index (κ2) is 8.46. The Bertz CT molecular complexity index is 1030. The Kier molecular flexibility index (Phi) is 6.00. The van der Waals surface area contributed by atoms with Gasteiger partial charge in [-0.3, -0.25) is 0 Å². The predicted octanol–water partition coefficient (Wildman–Crippen LogP) is 2.88. The van der Waals surface area contributed by atoms with Crippen LogP contribution in [0.4, 0.5) is 10.5 Å². The third-order valence-electron chi connectivity index (χ3n) is 4.58. The van der Waals surface area contributed by atoms with Gasteiger partial charge in [-0.2, -0.15) is 0 Å². The molecular weight excluding hydrogens is 388 g/mol. The number of sulfonamides is 1. The number of rotatable bonds is 6. The van der Waals surface area contributed by atoms with E-state index in [0.717, 1.165) is 20.3 Å². The minimum absolute atomic E-state index is 0.0838. The van der Waals surface area contributed by atoms with E-state index in [1.807, 2.05) is 60.7 Å². The molecule has 0 aliphatic heterocycles. The molecule has 0 radical (unpaired) electrons. The van der Waals surface area contributed by atoms with Crippen LogP contribution in [0.2, 0.25) is 0 Å². The van der Waals surface area contributed by atoms with Crippen LogP contribution in [0.25, 0.3) is 0 Å². The van der Waals surface area contributed by atoms with E-state index in [-0.39, 0.29) is 4.90 Å². The van der Waals surface area contributed by atoms with E-state index in [4.69, 9.17) is 0 Å². The third kappa shape index (κ3) is 4.31. The number of hydrogen-bond donors (Lipinski definition) is 0. The lowest BCUT2D eigenvalue weighted by atomic mass is 9.97. The minimum atomic E-state index is -3.61. The number of benzene rings is 3. The monoisotopic (exact) mass is 409 g/mol. The Balaban J connectivity index is 2.11. The molecule has 0 aliphatic rings. The van der Waals surface area contributed by atoms with E-state index in [1.54, 1.807) is 0 Å². The van der Waals surface area contributed by atoms with Gasteiger partial charge < -0.3 is 14.8 Å². The fourth-order valence-corrected chi connectivity index (χ4v) is 4.01. The maximum Gasteiger partial charge on any atom is 0.242 e. The lowest BCUT2D eigenvalue weighted by molar-refractivity contribution is -0.247. The first-order valence-electron chi connectivity index (χ1n) is 8.95. The first kappa shape index (κ1) is 20.6. The normalized spacial score (nSPS) is 11.6. The van der Waals surface area contributed by atoms with Gasteiger partial charge in [-0.15, -0.1) is 0 Å². The molecule has 0 aromatic heterocycles. The number of nitrogens with zero attached hydrogens (tertiary/aromatic N) is 2. The van der Waals surface area contributed by atoms with Crippen molar-refractivity contribution in [1.29, 1.82) is 0 Å². The Labute approximate surface area is 170 Å². The Morgan fingerprint density at radius 2 is 1.24 bits per heavy atom. The zero-order chi connectivity index (χ0) is 21.0. The molecular formula is C22H21N2O4S-. The summed E-state index contributed by atoms with van der Waals surface area (Å²) in [5.41, 5.74) is 1.86. The molecule has 0 N–H and O–H groups in total. The predicted molar refractivity (Wildman–Crippen MR) is 110 cm³/mol. The van der Waals surface area contributed by atoms with Crippen LogP contribution in [0.3, 0.4) is 0 Å². The van der Waals surface area contributed by atoms with E-state index >= 15 is 0 Å². The topological polar surface area (TPSA) is 80.8 Å². The van der Waals surface area contributed by atoms with Crippen molar-refractivity contribution in [3.63, 3.8) is 0 Å². The highest BCUT2D eigenvalue weighted by Crippen LogP contribution is 2.33. The first-order chi connectivity index (χ1) is 13.8. The highest BCUT2D eigenvalue weighted by atomic mass is 32.2. The largest absolute Gasteiger partial charge is 0.530 e. The summed E-state index contributed by atoms with van der Waals surface area (Å²) in [6, 6.07) is 23.6. The minimum Gasteiger partial charge on any atom is -0.530 e. The van der Waals surface area contributed by atoms with E-state index in [9.17, 15) is 18.3 Å². The average Bonchev–Trinajstić information content (AvgIpc) is 2.73. The molecule has 0 spiro atoms. The van der Waals surface area contributed by atoms with Crippen molar-refractivity contribution in [3.05, 3.63) is 96.1 Å². The van der Waals surface area contributed by atoms with Crippen molar-refractivity contribution in [2.75, 3.05) is 19.0 Å². The van der Waals surface area contributed by atoms with Gasteiger partial charge in [-0.25, -0.2) is 12.7 Å². The van der Waals surface area contributed by atoms with Crippen molar-refractivity contribution in [1.82, 2.24) is 4.31 Å². The number of carbonyl (C=O) groups excluding carboxylic acids is 1. The van der Waals surface area contributed by atoms with Gasteiger partial charge in [0.15, 0.2) is 0 Å². The molecule has 3 aromatic rings. The lowest BCUT2D eigenvalue weighted by Crippen LogP contribution is -2.44. The van der Waals surface area contributed by atoms with E-state index in [0.29, 0.717) is 5.69 Å². The van der Waals surface area contributed by atoms with Gasteiger partial charge in [0.2, 0.25) is 10.0 Å². The maximum atomic E-state index is 12.3. The van der Waals surface area contributed by atoms with Crippen LogP contribution in [0.15, 0.2) is 89.8 Å². The molecule has 0 atom stereocenters. The quantitative estimate of drug-likeness (QED) is 0.627. The van der Waals surface area contributed by atoms with Crippen molar-refractivity contribution >= 4 is 21.8 Å². The number of hydrogen-bond acceptors (Lipinski definition) is 4. The van der Waals surface area contributed by atoms with E-state index in [1.165, 1.54) is 38.4 Å². The Morgan fingerprint density at radius 1 is 0.793 bits per heavy atom. The molecule has 150 valence electrons. The van der Waals surface area contributed by atoms with Crippen LogP contribution in [0.5, 0.6) is 0 Å². The highest BCUT2D eigenvalue weighted by Gasteiger charge is 2.25. The fourth-order valence-electron chi connectivity index (χ4n) is 3.11. The summed E-state index contributed by atoms with van der Waals surface area (Å²) in [5.74, 6) is 0. The van der Waals surface area contributed by atoms with Crippen LogP contribution >= 0.6 is 0 Å². The number of amides is 1. The zero-order valence-electron chi connectivity index (χ0n) is 16.1. The van der Waals surface area contributed by atoms with Crippen LogP contribution in [-0.4, -0.2) is 32.9 Å². The summed E-state index contributed by atoms with van der Waals surface area (Å²) < 4.78 is 25.7. The molecule has 0 heterocycles. The third-order valence-corrected chi connectivity index (χ3v) is 6.41. The molecule has 0 fully saturated rings. The van der Waals surface area contributed by atoms with Gasteiger partial charge in [-0.05, 0) is 35.4 Å².